The van der Waals surface area contributed by atoms with E-state index in [2.05, 4.69) is 19.9 Å². The third-order valence-electron chi connectivity index (χ3n) is 4.14. The molecule has 5 nitrogen and oxygen atoms in total. The summed E-state index contributed by atoms with van der Waals surface area (Å²) >= 11 is 12.5. The monoisotopic (exact) mass is 371 g/mol. The lowest BCUT2D eigenvalue weighted by Gasteiger charge is -2.11. The predicted molar refractivity (Wildman–Crippen MR) is 102 cm³/mol. The molecule has 126 valence electrons. The summed E-state index contributed by atoms with van der Waals surface area (Å²) in [6, 6.07) is 9.41. The van der Waals surface area contributed by atoms with E-state index in [1.807, 2.05) is 42.2 Å². The molecule has 3 heterocycles. The highest BCUT2D eigenvalue weighted by Crippen LogP contribution is 2.34. The molecule has 0 amide bonds. The Hall–Kier alpha value is -2.50. The molecule has 0 fully saturated rings. The van der Waals surface area contributed by atoms with Crippen molar-refractivity contribution in [3.05, 3.63) is 71.0 Å². The molecule has 0 saturated carbocycles. The summed E-state index contributed by atoms with van der Waals surface area (Å²) in [5, 5.41) is 5.36. The highest BCUT2D eigenvalue weighted by molar-refractivity contribution is 6.39. The molecule has 0 spiro atoms. The summed E-state index contributed by atoms with van der Waals surface area (Å²) in [5.41, 5.74) is 1.71. The van der Waals surface area contributed by atoms with E-state index in [9.17, 15) is 0 Å². The van der Waals surface area contributed by atoms with Gasteiger partial charge in [-0.15, -0.1) is 0 Å². The maximum Gasteiger partial charge on any atom is 0.139 e. The van der Waals surface area contributed by atoms with Crippen LogP contribution in [-0.4, -0.2) is 19.1 Å². The minimum Gasteiger partial charge on any atom is -0.340 e. The molecular weight excluding hydrogens is 357 g/mol. The fraction of sp³-hybridized carbons (Fsp3) is 0.111. The second-order valence-corrected chi connectivity index (χ2v) is 6.53. The molecule has 1 aromatic carbocycles. The number of aryl methyl sites for hydroxylation is 1. The molecule has 7 heteroatoms. The lowest BCUT2D eigenvalue weighted by atomic mass is 10.2. The van der Waals surface area contributed by atoms with Gasteiger partial charge in [0.1, 0.15) is 11.6 Å². The van der Waals surface area contributed by atoms with Gasteiger partial charge in [-0.3, -0.25) is 0 Å². The molecular formula is C18H15Cl2N5. The Morgan fingerprint density at radius 3 is 2.52 bits per heavy atom. The van der Waals surface area contributed by atoms with Crippen LogP contribution in [0.15, 0.2) is 55.1 Å². The van der Waals surface area contributed by atoms with Crippen molar-refractivity contribution in [1.29, 1.82) is 0 Å². The van der Waals surface area contributed by atoms with Gasteiger partial charge >= 0.3 is 0 Å². The Balaban J connectivity index is 1.73. The molecule has 0 bridgehead atoms. The number of rotatable bonds is 4. The van der Waals surface area contributed by atoms with Gasteiger partial charge in [0, 0.05) is 37.2 Å². The van der Waals surface area contributed by atoms with Gasteiger partial charge < -0.3 is 14.5 Å². The van der Waals surface area contributed by atoms with Crippen LogP contribution in [0.3, 0.4) is 0 Å². The summed E-state index contributed by atoms with van der Waals surface area (Å²) in [7, 11) is 1.99. The van der Waals surface area contributed by atoms with Crippen LogP contribution in [0.25, 0.3) is 10.9 Å². The second kappa shape index (κ2) is 6.43. The smallest absolute Gasteiger partial charge is 0.139 e. The van der Waals surface area contributed by atoms with E-state index in [1.165, 1.54) is 0 Å². The first-order valence-corrected chi connectivity index (χ1v) is 8.50. The molecule has 3 aromatic heterocycles. The summed E-state index contributed by atoms with van der Waals surface area (Å²) in [4.78, 5) is 8.84. The van der Waals surface area contributed by atoms with E-state index in [0.29, 0.717) is 28.1 Å². The quantitative estimate of drug-likeness (QED) is 0.556. The van der Waals surface area contributed by atoms with Gasteiger partial charge in [-0.05, 0) is 24.3 Å². The normalized spacial score (nSPS) is 11.2. The third-order valence-corrected chi connectivity index (χ3v) is 4.77. The zero-order chi connectivity index (χ0) is 17.4. The van der Waals surface area contributed by atoms with Crippen LogP contribution in [0.2, 0.25) is 10.0 Å². The Morgan fingerprint density at radius 2 is 1.80 bits per heavy atom. The highest BCUT2D eigenvalue weighted by atomic mass is 35.5. The topological polar surface area (TPSA) is 47.7 Å². The zero-order valence-corrected chi connectivity index (χ0v) is 15.0. The summed E-state index contributed by atoms with van der Waals surface area (Å²) in [6.45, 7) is 0.684. The number of imidazole rings is 1. The Labute approximate surface area is 154 Å². The van der Waals surface area contributed by atoms with E-state index in [-0.39, 0.29) is 0 Å². The highest BCUT2D eigenvalue weighted by Gasteiger charge is 2.12. The Bertz CT molecular complexity index is 1030. The summed E-state index contributed by atoms with van der Waals surface area (Å²) in [5.74, 6) is 1.70. The van der Waals surface area contributed by atoms with Gasteiger partial charge in [0.15, 0.2) is 0 Å². The van der Waals surface area contributed by atoms with Crippen LogP contribution >= 0.6 is 23.2 Å². The Kier molecular flexibility index (Phi) is 4.11. The average molecular weight is 372 g/mol. The number of hydrogen-bond donors (Lipinski definition) is 1. The molecule has 1 N–H and O–H groups in total. The number of halogens is 2. The molecule has 4 aromatic rings. The Morgan fingerprint density at radius 1 is 1.00 bits per heavy atom. The van der Waals surface area contributed by atoms with Gasteiger partial charge in [-0.2, -0.15) is 0 Å². The van der Waals surface area contributed by atoms with Crippen molar-refractivity contribution in [3.8, 4) is 0 Å². The standard InChI is InChI=1S/C18H15Cl2N5/c1-24-10-8-21-16(24)11-25-9-6-12-15(25)5-7-22-18(12)23-17-13(19)3-2-4-14(17)20/h2-10H,11H2,1H3,(H,22,23). The number of benzene rings is 1. The largest absolute Gasteiger partial charge is 0.340 e. The first kappa shape index (κ1) is 16.0. The predicted octanol–water partition coefficient (Wildman–Crippen LogP) is 4.87. The molecule has 0 atom stereocenters. The number of para-hydroxylation sites is 1. The maximum absolute atomic E-state index is 6.26. The SMILES string of the molecule is Cn1ccnc1Cn1ccc2c(Nc3c(Cl)cccc3Cl)nccc21. The molecule has 0 saturated heterocycles. The minimum atomic E-state index is 0.554. The van der Waals surface area contributed by atoms with Crippen LogP contribution < -0.4 is 5.32 Å². The second-order valence-electron chi connectivity index (χ2n) is 5.71. The van der Waals surface area contributed by atoms with Crippen molar-refractivity contribution < 1.29 is 0 Å². The van der Waals surface area contributed by atoms with Crippen molar-refractivity contribution in [2.75, 3.05) is 5.32 Å². The van der Waals surface area contributed by atoms with Crippen molar-refractivity contribution in [1.82, 2.24) is 19.1 Å². The van der Waals surface area contributed by atoms with Crippen LogP contribution in [0, 0.1) is 0 Å². The van der Waals surface area contributed by atoms with Gasteiger partial charge in [0.25, 0.3) is 0 Å². The third kappa shape index (κ3) is 2.97. The van der Waals surface area contributed by atoms with Gasteiger partial charge in [-0.1, -0.05) is 29.3 Å². The number of pyridine rings is 1. The van der Waals surface area contributed by atoms with E-state index < -0.39 is 0 Å². The van der Waals surface area contributed by atoms with Crippen LogP contribution in [0.5, 0.6) is 0 Å². The first-order chi connectivity index (χ1) is 12.1. The molecule has 4 rings (SSSR count). The molecule has 0 unspecified atom stereocenters. The molecule has 0 aliphatic rings. The molecule has 25 heavy (non-hydrogen) atoms. The number of anilines is 2. The first-order valence-electron chi connectivity index (χ1n) is 7.74. The van der Waals surface area contributed by atoms with Crippen molar-refractivity contribution in [3.63, 3.8) is 0 Å². The van der Waals surface area contributed by atoms with Crippen LogP contribution in [0.1, 0.15) is 5.82 Å². The van der Waals surface area contributed by atoms with E-state index in [0.717, 1.165) is 16.7 Å². The van der Waals surface area contributed by atoms with Gasteiger partial charge in [0.05, 0.1) is 27.8 Å². The molecule has 0 radical (unpaired) electrons. The number of nitrogens with zero attached hydrogens (tertiary/aromatic N) is 4. The number of aromatic nitrogens is 4. The number of hydrogen-bond acceptors (Lipinski definition) is 3. The zero-order valence-electron chi connectivity index (χ0n) is 13.4. The summed E-state index contributed by atoms with van der Waals surface area (Å²) in [6.07, 6.45) is 7.54. The fourth-order valence-corrected chi connectivity index (χ4v) is 3.29. The average Bonchev–Trinajstić information content (AvgIpc) is 3.19. The lowest BCUT2D eigenvalue weighted by molar-refractivity contribution is 0.718. The van der Waals surface area contributed by atoms with E-state index in [1.54, 1.807) is 24.5 Å². The van der Waals surface area contributed by atoms with E-state index in [4.69, 9.17) is 23.2 Å². The number of nitrogens with one attached hydrogen (secondary N) is 1. The minimum absolute atomic E-state index is 0.554. The van der Waals surface area contributed by atoms with Gasteiger partial charge in [-0.25, -0.2) is 9.97 Å². The summed E-state index contributed by atoms with van der Waals surface area (Å²) < 4.78 is 4.15. The molecule has 0 aliphatic heterocycles. The maximum atomic E-state index is 6.26. The fourth-order valence-electron chi connectivity index (χ4n) is 2.80. The lowest BCUT2D eigenvalue weighted by Crippen LogP contribution is -2.04. The van der Waals surface area contributed by atoms with Crippen molar-refractivity contribution >= 4 is 45.6 Å². The van der Waals surface area contributed by atoms with Gasteiger partial charge in [0.2, 0.25) is 0 Å². The number of fused-ring (bicyclic) bond motifs is 1. The van der Waals surface area contributed by atoms with E-state index >= 15 is 0 Å². The van der Waals surface area contributed by atoms with Crippen molar-refractivity contribution in [2.24, 2.45) is 7.05 Å². The molecule has 0 aliphatic carbocycles. The van der Waals surface area contributed by atoms with Crippen LogP contribution in [-0.2, 0) is 13.6 Å². The van der Waals surface area contributed by atoms with Crippen molar-refractivity contribution in [2.45, 2.75) is 6.54 Å². The van der Waals surface area contributed by atoms with Crippen LogP contribution in [0.4, 0.5) is 11.5 Å².